The largest absolute Gasteiger partial charge is 0.340 e. The maximum Gasteiger partial charge on any atom is 0.321 e. The molecule has 1 atom stereocenters. The van der Waals surface area contributed by atoms with Gasteiger partial charge in [-0.3, -0.25) is 0 Å². The highest BCUT2D eigenvalue weighted by molar-refractivity contribution is 7.98. The van der Waals surface area contributed by atoms with Crippen LogP contribution in [0.5, 0.6) is 0 Å². The average Bonchev–Trinajstić information content (AvgIpc) is 2.74. The second-order valence-electron chi connectivity index (χ2n) is 8.18. The zero-order valence-corrected chi connectivity index (χ0v) is 18.0. The lowest BCUT2D eigenvalue weighted by molar-refractivity contribution is 0.0948. The van der Waals surface area contributed by atoms with Crippen LogP contribution in [-0.2, 0) is 0 Å². The predicted molar refractivity (Wildman–Crippen MR) is 119 cm³/mol. The number of piperidine rings is 2. The van der Waals surface area contributed by atoms with Crippen LogP contribution in [0.1, 0.15) is 31.4 Å². The summed E-state index contributed by atoms with van der Waals surface area (Å²) in [6.07, 6.45) is 8.33. The van der Waals surface area contributed by atoms with Crippen molar-refractivity contribution < 1.29 is 4.79 Å². The number of carbonyl (C=O) groups is 1. The molecule has 0 saturated carbocycles. The lowest BCUT2D eigenvalue weighted by Gasteiger charge is -2.48. The molecule has 0 radical (unpaired) electrons. The van der Waals surface area contributed by atoms with Gasteiger partial charge in [-0.25, -0.2) is 14.8 Å². The molecular weight excluding hydrogens is 382 g/mol. The van der Waals surface area contributed by atoms with Gasteiger partial charge in [0.25, 0.3) is 0 Å². The number of thioether (sulfide) groups is 1. The highest BCUT2D eigenvalue weighted by Gasteiger charge is 2.41. The fourth-order valence-electron chi connectivity index (χ4n) is 4.62. The Labute approximate surface area is 177 Å². The van der Waals surface area contributed by atoms with Crippen molar-refractivity contribution in [2.45, 2.75) is 37.5 Å². The molecule has 7 heteroatoms. The summed E-state index contributed by atoms with van der Waals surface area (Å²) in [5.41, 5.74) is 2.01. The van der Waals surface area contributed by atoms with Gasteiger partial charge in [0.1, 0.15) is 0 Å². The third-order valence-corrected chi connectivity index (χ3v) is 6.82. The molecule has 154 valence electrons. The van der Waals surface area contributed by atoms with E-state index in [1.807, 2.05) is 54.6 Å². The smallest absolute Gasteiger partial charge is 0.321 e. The number of aryl methyl sites for hydroxylation is 1. The molecule has 1 spiro atoms. The van der Waals surface area contributed by atoms with Gasteiger partial charge in [0.15, 0.2) is 0 Å². The number of nitrogens with zero attached hydrogens (tertiary/aromatic N) is 4. The number of urea groups is 1. The summed E-state index contributed by atoms with van der Waals surface area (Å²) in [5, 5.41) is 3.13. The van der Waals surface area contributed by atoms with Gasteiger partial charge in [-0.15, -0.1) is 11.8 Å². The van der Waals surface area contributed by atoms with Crippen LogP contribution in [0.3, 0.4) is 0 Å². The number of anilines is 2. The summed E-state index contributed by atoms with van der Waals surface area (Å²) in [6.45, 7) is 5.52. The Morgan fingerprint density at radius 2 is 1.93 bits per heavy atom. The van der Waals surface area contributed by atoms with Crippen molar-refractivity contribution in [2.75, 3.05) is 42.7 Å². The van der Waals surface area contributed by atoms with Gasteiger partial charge in [0.2, 0.25) is 5.95 Å². The van der Waals surface area contributed by atoms with Crippen molar-refractivity contribution in [3.63, 3.8) is 0 Å². The summed E-state index contributed by atoms with van der Waals surface area (Å²) < 4.78 is 0. The average molecular weight is 412 g/mol. The van der Waals surface area contributed by atoms with Gasteiger partial charge < -0.3 is 15.1 Å². The minimum absolute atomic E-state index is 0.00880. The van der Waals surface area contributed by atoms with E-state index in [1.54, 1.807) is 11.8 Å². The SMILES string of the molecule is CSc1ccccc1NC(=O)N1CCCC2(CCCN(c3nccc(C)n3)C2)C1. The van der Waals surface area contributed by atoms with E-state index < -0.39 is 0 Å². The summed E-state index contributed by atoms with van der Waals surface area (Å²) in [7, 11) is 0. The van der Waals surface area contributed by atoms with Crippen LogP contribution in [0, 0.1) is 12.3 Å². The Hall–Kier alpha value is -2.28. The van der Waals surface area contributed by atoms with Gasteiger partial charge in [-0.1, -0.05) is 12.1 Å². The molecule has 2 aromatic rings. The fraction of sp³-hybridized carbons (Fsp3) is 0.500. The molecule has 1 aromatic heterocycles. The van der Waals surface area contributed by atoms with Crippen LogP contribution < -0.4 is 10.2 Å². The maximum absolute atomic E-state index is 13.0. The van der Waals surface area contributed by atoms with Crippen LogP contribution in [0.4, 0.5) is 16.4 Å². The van der Waals surface area contributed by atoms with Crippen LogP contribution in [-0.4, -0.2) is 53.3 Å². The molecule has 2 saturated heterocycles. The van der Waals surface area contributed by atoms with E-state index in [4.69, 9.17) is 0 Å². The minimum atomic E-state index is 0.00880. The molecule has 2 aliphatic heterocycles. The number of hydrogen-bond acceptors (Lipinski definition) is 5. The van der Waals surface area contributed by atoms with Crippen molar-refractivity contribution in [1.82, 2.24) is 14.9 Å². The molecule has 4 rings (SSSR count). The van der Waals surface area contributed by atoms with Crippen LogP contribution in [0.2, 0.25) is 0 Å². The maximum atomic E-state index is 13.0. The number of nitrogens with one attached hydrogen (secondary N) is 1. The standard InChI is InChI=1S/C22H29N5OS/c1-17-9-12-23-20(24-17)26-13-5-10-22(15-26)11-6-14-27(16-22)21(28)25-18-7-3-4-8-19(18)29-2/h3-4,7-9,12H,5-6,10-11,13-16H2,1-2H3,(H,25,28). The summed E-state index contributed by atoms with van der Waals surface area (Å²) in [6, 6.07) is 9.92. The quantitative estimate of drug-likeness (QED) is 0.758. The summed E-state index contributed by atoms with van der Waals surface area (Å²) >= 11 is 1.65. The Morgan fingerprint density at radius 1 is 1.14 bits per heavy atom. The number of rotatable bonds is 3. The number of aromatic nitrogens is 2. The molecule has 3 heterocycles. The first-order valence-electron chi connectivity index (χ1n) is 10.3. The zero-order chi connectivity index (χ0) is 20.3. The van der Waals surface area contributed by atoms with E-state index in [0.29, 0.717) is 0 Å². The van der Waals surface area contributed by atoms with Gasteiger partial charge >= 0.3 is 6.03 Å². The van der Waals surface area contributed by atoms with E-state index in [1.165, 1.54) is 0 Å². The predicted octanol–water partition coefficient (Wildman–Crippen LogP) is 4.42. The van der Waals surface area contributed by atoms with Crippen molar-refractivity contribution in [3.8, 4) is 0 Å². The lowest BCUT2D eigenvalue weighted by atomic mass is 9.74. The Kier molecular flexibility index (Phi) is 5.94. The van der Waals surface area contributed by atoms with E-state index in [-0.39, 0.29) is 11.4 Å². The first-order chi connectivity index (χ1) is 14.1. The van der Waals surface area contributed by atoms with Crippen molar-refractivity contribution in [2.24, 2.45) is 5.41 Å². The Bertz CT molecular complexity index is 872. The van der Waals surface area contributed by atoms with Crippen LogP contribution in [0.25, 0.3) is 0 Å². The number of amides is 2. The van der Waals surface area contributed by atoms with E-state index in [2.05, 4.69) is 20.2 Å². The molecule has 0 bridgehead atoms. The molecule has 6 nitrogen and oxygen atoms in total. The van der Waals surface area contributed by atoms with Crippen LogP contribution in [0.15, 0.2) is 41.4 Å². The van der Waals surface area contributed by atoms with Crippen molar-refractivity contribution in [1.29, 1.82) is 0 Å². The normalized spacial score (nSPS) is 22.0. The topological polar surface area (TPSA) is 61.4 Å². The number of benzene rings is 1. The number of carbonyl (C=O) groups excluding carboxylic acids is 1. The molecule has 2 amide bonds. The second-order valence-corrected chi connectivity index (χ2v) is 9.03. The van der Waals surface area contributed by atoms with Gasteiger partial charge in [-0.05, 0) is 57.1 Å². The Balaban J connectivity index is 1.46. The summed E-state index contributed by atoms with van der Waals surface area (Å²) in [4.78, 5) is 27.5. The monoisotopic (exact) mass is 411 g/mol. The molecule has 1 N–H and O–H groups in total. The molecular formula is C22H29N5OS. The number of hydrogen-bond donors (Lipinski definition) is 1. The van der Waals surface area contributed by atoms with Gasteiger partial charge in [0.05, 0.1) is 5.69 Å². The molecule has 1 aromatic carbocycles. The molecule has 2 fully saturated rings. The fourth-order valence-corrected chi connectivity index (χ4v) is 5.18. The molecule has 0 aliphatic carbocycles. The second kappa shape index (κ2) is 8.61. The third kappa shape index (κ3) is 4.50. The van der Waals surface area contributed by atoms with Crippen molar-refractivity contribution in [3.05, 3.63) is 42.2 Å². The van der Waals surface area contributed by atoms with E-state index in [9.17, 15) is 4.79 Å². The Morgan fingerprint density at radius 3 is 2.72 bits per heavy atom. The van der Waals surface area contributed by atoms with E-state index >= 15 is 0 Å². The molecule has 29 heavy (non-hydrogen) atoms. The van der Waals surface area contributed by atoms with Crippen LogP contribution >= 0.6 is 11.8 Å². The number of likely N-dealkylation sites (tertiary alicyclic amines) is 1. The number of para-hydroxylation sites is 1. The lowest BCUT2D eigenvalue weighted by Crippen LogP contribution is -2.54. The highest BCUT2D eigenvalue weighted by Crippen LogP contribution is 2.39. The third-order valence-electron chi connectivity index (χ3n) is 6.02. The molecule has 1 unspecified atom stereocenters. The van der Waals surface area contributed by atoms with Gasteiger partial charge in [-0.2, -0.15) is 0 Å². The van der Waals surface area contributed by atoms with E-state index in [0.717, 1.165) is 74.1 Å². The van der Waals surface area contributed by atoms with Crippen molar-refractivity contribution >= 4 is 29.4 Å². The first-order valence-corrected chi connectivity index (χ1v) is 11.5. The first kappa shape index (κ1) is 20.0. The van der Waals surface area contributed by atoms with Gasteiger partial charge in [0, 0.05) is 48.4 Å². The minimum Gasteiger partial charge on any atom is -0.340 e. The zero-order valence-electron chi connectivity index (χ0n) is 17.2. The summed E-state index contributed by atoms with van der Waals surface area (Å²) in [5.74, 6) is 0.819. The highest BCUT2D eigenvalue weighted by atomic mass is 32.2. The molecule has 2 aliphatic rings.